The van der Waals surface area contributed by atoms with Crippen molar-refractivity contribution < 1.29 is 5.11 Å². The zero-order chi connectivity index (χ0) is 14.5. The molecule has 0 bridgehead atoms. The Bertz CT molecular complexity index is 548. The molecule has 0 spiro atoms. The summed E-state index contributed by atoms with van der Waals surface area (Å²) < 4.78 is 0. The molecule has 2 aromatic carbocycles. The molecule has 0 radical (unpaired) electrons. The number of aliphatic hydroxyl groups is 1. The summed E-state index contributed by atoms with van der Waals surface area (Å²) in [5.74, 6) is 0. The first-order chi connectivity index (χ1) is 9.67. The van der Waals surface area contributed by atoms with Crippen molar-refractivity contribution in [2.75, 3.05) is 11.4 Å². The Labute approximate surface area is 121 Å². The maximum atomic E-state index is 9.86. The summed E-state index contributed by atoms with van der Waals surface area (Å²) in [7, 11) is 0. The van der Waals surface area contributed by atoms with Gasteiger partial charge in [0.2, 0.25) is 0 Å². The smallest absolute Gasteiger partial charge is 0.0787 e. The van der Waals surface area contributed by atoms with Crippen LogP contribution in [0.4, 0.5) is 11.4 Å². The van der Waals surface area contributed by atoms with Crippen molar-refractivity contribution in [2.45, 2.75) is 33.3 Å². The van der Waals surface area contributed by atoms with E-state index in [4.69, 9.17) is 0 Å². The highest BCUT2D eigenvalue weighted by Crippen LogP contribution is 2.29. The number of aliphatic hydroxyl groups excluding tert-OH is 1. The summed E-state index contributed by atoms with van der Waals surface area (Å²) in [6.45, 7) is 7.19. The lowest BCUT2D eigenvalue weighted by molar-refractivity contribution is 0.173. The van der Waals surface area contributed by atoms with Crippen LogP contribution in [0.25, 0.3) is 0 Å². The zero-order valence-corrected chi connectivity index (χ0v) is 12.5. The SMILES string of the molecule is CC[C@H](O)c1ccc(N(CC)c2ccccc2C)cc1. The Morgan fingerprint density at radius 3 is 2.20 bits per heavy atom. The number of benzene rings is 2. The summed E-state index contributed by atoms with van der Waals surface area (Å²) in [5.41, 5.74) is 4.65. The third-order valence-electron chi connectivity index (χ3n) is 3.70. The molecule has 0 aliphatic heterocycles. The van der Waals surface area contributed by atoms with E-state index in [1.165, 1.54) is 11.3 Å². The summed E-state index contributed by atoms with van der Waals surface area (Å²) >= 11 is 0. The van der Waals surface area contributed by atoms with E-state index in [1.807, 2.05) is 19.1 Å². The van der Waals surface area contributed by atoms with E-state index >= 15 is 0 Å². The minimum absolute atomic E-state index is 0.363. The Kier molecular flexibility index (Phi) is 4.80. The van der Waals surface area contributed by atoms with Gasteiger partial charge in [-0.2, -0.15) is 0 Å². The second-order valence-corrected chi connectivity index (χ2v) is 5.05. The van der Waals surface area contributed by atoms with Gasteiger partial charge in [0.1, 0.15) is 0 Å². The first kappa shape index (κ1) is 14.6. The van der Waals surface area contributed by atoms with Gasteiger partial charge in [0.15, 0.2) is 0 Å². The number of rotatable bonds is 5. The van der Waals surface area contributed by atoms with Gasteiger partial charge in [-0.15, -0.1) is 0 Å². The molecule has 0 aliphatic rings. The van der Waals surface area contributed by atoms with Crippen LogP contribution in [-0.4, -0.2) is 11.7 Å². The number of para-hydroxylation sites is 1. The van der Waals surface area contributed by atoms with Crippen molar-refractivity contribution in [1.82, 2.24) is 0 Å². The van der Waals surface area contributed by atoms with Gasteiger partial charge in [-0.1, -0.05) is 37.3 Å². The zero-order valence-electron chi connectivity index (χ0n) is 12.5. The van der Waals surface area contributed by atoms with Crippen LogP contribution in [-0.2, 0) is 0 Å². The lowest BCUT2D eigenvalue weighted by Crippen LogP contribution is -2.17. The van der Waals surface area contributed by atoms with E-state index in [1.54, 1.807) is 0 Å². The van der Waals surface area contributed by atoms with Crippen molar-refractivity contribution in [1.29, 1.82) is 0 Å². The molecule has 2 aromatic rings. The Morgan fingerprint density at radius 1 is 1.00 bits per heavy atom. The highest BCUT2D eigenvalue weighted by Gasteiger charge is 2.10. The second-order valence-electron chi connectivity index (χ2n) is 5.05. The molecule has 0 aliphatic carbocycles. The van der Waals surface area contributed by atoms with Crippen molar-refractivity contribution in [3.05, 3.63) is 59.7 Å². The molecular weight excluding hydrogens is 246 g/mol. The molecule has 0 aromatic heterocycles. The van der Waals surface area contributed by atoms with Gasteiger partial charge < -0.3 is 10.0 Å². The largest absolute Gasteiger partial charge is 0.388 e. The lowest BCUT2D eigenvalue weighted by Gasteiger charge is -2.25. The Morgan fingerprint density at radius 2 is 1.65 bits per heavy atom. The number of anilines is 2. The van der Waals surface area contributed by atoms with Gasteiger partial charge in [0.25, 0.3) is 0 Å². The van der Waals surface area contributed by atoms with Gasteiger partial charge in [0, 0.05) is 17.9 Å². The Hall–Kier alpha value is -1.80. The molecule has 2 rings (SSSR count). The molecule has 0 unspecified atom stereocenters. The van der Waals surface area contributed by atoms with Crippen molar-refractivity contribution >= 4 is 11.4 Å². The molecule has 20 heavy (non-hydrogen) atoms. The molecule has 106 valence electrons. The van der Waals surface area contributed by atoms with E-state index < -0.39 is 0 Å². The van der Waals surface area contributed by atoms with Gasteiger partial charge >= 0.3 is 0 Å². The van der Waals surface area contributed by atoms with Crippen LogP contribution < -0.4 is 4.90 Å². The second kappa shape index (κ2) is 6.58. The van der Waals surface area contributed by atoms with Crippen LogP contribution in [0.3, 0.4) is 0 Å². The normalized spacial score (nSPS) is 12.2. The standard InChI is InChI=1S/C18H23NO/c1-4-18(20)15-10-12-16(13-11-15)19(5-2)17-9-7-6-8-14(17)3/h6-13,18,20H,4-5H2,1-3H3/t18-/m0/s1. The van der Waals surface area contributed by atoms with E-state index in [2.05, 4.69) is 55.1 Å². The molecule has 1 atom stereocenters. The average Bonchev–Trinajstić information content (AvgIpc) is 2.50. The van der Waals surface area contributed by atoms with Crippen molar-refractivity contribution in [3.8, 4) is 0 Å². The van der Waals surface area contributed by atoms with Crippen LogP contribution in [0.1, 0.15) is 37.5 Å². The van der Waals surface area contributed by atoms with Crippen LogP contribution in [0, 0.1) is 6.92 Å². The first-order valence-corrected chi connectivity index (χ1v) is 7.28. The molecule has 0 saturated carbocycles. The highest BCUT2D eigenvalue weighted by molar-refractivity contribution is 5.66. The summed E-state index contributed by atoms with van der Waals surface area (Å²) in [6.07, 6.45) is 0.381. The van der Waals surface area contributed by atoms with E-state index in [0.29, 0.717) is 0 Å². The summed E-state index contributed by atoms with van der Waals surface area (Å²) in [5, 5.41) is 9.86. The number of aryl methyl sites for hydroxylation is 1. The maximum Gasteiger partial charge on any atom is 0.0787 e. The third-order valence-corrected chi connectivity index (χ3v) is 3.70. The molecule has 1 N–H and O–H groups in total. The predicted molar refractivity (Wildman–Crippen MR) is 85.6 cm³/mol. The van der Waals surface area contributed by atoms with Gasteiger partial charge in [0.05, 0.1) is 6.10 Å². The van der Waals surface area contributed by atoms with Gasteiger partial charge in [-0.25, -0.2) is 0 Å². The van der Waals surface area contributed by atoms with Crippen molar-refractivity contribution in [3.63, 3.8) is 0 Å². The van der Waals surface area contributed by atoms with E-state index in [9.17, 15) is 5.11 Å². The third kappa shape index (κ3) is 3.02. The molecule has 2 heteroatoms. The fourth-order valence-electron chi connectivity index (χ4n) is 2.47. The molecule has 2 nitrogen and oxygen atoms in total. The summed E-state index contributed by atoms with van der Waals surface area (Å²) in [4.78, 5) is 2.29. The van der Waals surface area contributed by atoms with E-state index in [-0.39, 0.29) is 6.10 Å². The quantitative estimate of drug-likeness (QED) is 0.857. The fourth-order valence-corrected chi connectivity index (χ4v) is 2.47. The monoisotopic (exact) mass is 269 g/mol. The van der Waals surface area contributed by atoms with Gasteiger partial charge in [-0.3, -0.25) is 0 Å². The molecule has 0 fully saturated rings. The minimum Gasteiger partial charge on any atom is -0.388 e. The fraction of sp³-hybridized carbons (Fsp3) is 0.333. The minimum atomic E-state index is -0.363. The van der Waals surface area contributed by atoms with Gasteiger partial charge in [-0.05, 0) is 49.6 Å². The maximum absolute atomic E-state index is 9.86. The first-order valence-electron chi connectivity index (χ1n) is 7.28. The van der Waals surface area contributed by atoms with Crippen LogP contribution in [0.15, 0.2) is 48.5 Å². The number of nitrogens with zero attached hydrogens (tertiary/aromatic N) is 1. The topological polar surface area (TPSA) is 23.5 Å². The number of hydrogen-bond acceptors (Lipinski definition) is 2. The molecule has 0 saturated heterocycles. The van der Waals surface area contributed by atoms with Crippen LogP contribution in [0.5, 0.6) is 0 Å². The molecule has 0 amide bonds. The van der Waals surface area contributed by atoms with Crippen LogP contribution in [0.2, 0.25) is 0 Å². The lowest BCUT2D eigenvalue weighted by atomic mass is 10.1. The number of hydrogen-bond donors (Lipinski definition) is 1. The molecular formula is C18H23NO. The highest BCUT2D eigenvalue weighted by atomic mass is 16.3. The van der Waals surface area contributed by atoms with Crippen LogP contribution >= 0.6 is 0 Å². The van der Waals surface area contributed by atoms with E-state index in [0.717, 1.165) is 24.2 Å². The molecule has 0 heterocycles. The average molecular weight is 269 g/mol. The summed E-state index contributed by atoms with van der Waals surface area (Å²) in [6, 6.07) is 16.6. The Balaban J connectivity index is 2.31. The predicted octanol–water partition coefficient (Wildman–Crippen LogP) is 4.60. The van der Waals surface area contributed by atoms with Crippen molar-refractivity contribution in [2.24, 2.45) is 0 Å².